The van der Waals surface area contributed by atoms with E-state index in [0.717, 1.165) is 25.9 Å². The zero-order chi connectivity index (χ0) is 13.7. The fourth-order valence-electron chi connectivity index (χ4n) is 2.34. The van der Waals surface area contributed by atoms with Crippen molar-refractivity contribution < 1.29 is 9.90 Å². The average Bonchev–Trinajstić information content (AvgIpc) is 2.98. The van der Waals surface area contributed by atoms with E-state index in [1.54, 1.807) is 11.3 Å². The van der Waals surface area contributed by atoms with Crippen LogP contribution in [0.5, 0.6) is 0 Å². The summed E-state index contributed by atoms with van der Waals surface area (Å²) >= 11 is 1.73. The van der Waals surface area contributed by atoms with Crippen LogP contribution < -0.4 is 5.32 Å². The summed E-state index contributed by atoms with van der Waals surface area (Å²) in [4.78, 5) is 15.2. The van der Waals surface area contributed by atoms with Gasteiger partial charge in [0.05, 0.1) is 0 Å². The number of aliphatic hydroxyl groups excluding tert-OH is 1. The van der Waals surface area contributed by atoms with E-state index in [9.17, 15) is 4.79 Å². The number of piperidine rings is 1. The lowest BCUT2D eigenvalue weighted by Gasteiger charge is -2.31. The Bertz CT molecular complexity index is 386. The molecule has 1 aromatic heterocycles. The van der Waals surface area contributed by atoms with E-state index in [1.165, 1.54) is 4.88 Å². The van der Waals surface area contributed by atoms with Gasteiger partial charge in [-0.15, -0.1) is 11.3 Å². The molecule has 1 saturated heterocycles. The lowest BCUT2D eigenvalue weighted by atomic mass is 9.98. The number of carbonyl (C=O) groups is 1. The number of carbonyl (C=O) groups excluding carboxylic acids is 1. The summed E-state index contributed by atoms with van der Waals surface area (Å²) in [5.41, 5.74) is 0. The van der Waals surface area contributed by atoms with Crippen molar-refractivity contribution >= 4 is 17.4 Å². The van der Waals surface area contributed by atoms with Crippen LogP contribution in [-0.4, -0.2) is 42.3 Å². The fraction of sp³-hybridized carbons (Fsp3) is 0.643. The SMILES string of the molecule is CC(CNC(=O)N1CCC(CO)CC1)c1cccs1. The monoisotopic (exact) mass is 282 g/mol. The van der Waals surface area contributed by atoms with Crippen molar-refractivity contribution in [3.63, 3.8) is 0 Å². The first kappa shape index (κ1) is 14.3. The van der Waals surface area contributed by atoms with Crippen LogP contribution in [0.15, 0.2) is 17.5 Å². The lowest BCUT2D eigenvalue weighted by molar-refractivity contribution is 0.137. The molecule has 19 heavy (non-hydrogen) atoms. The third kappa shape index (κ3) is 3.94. The molecule has 0 spiro atoms. The Labute approximate surface area is 118 Å². The van der Waals surface area contributed by atoms with Crippen molar-refractivity contribution in [2.45, 2.75) is 25.7 Å². The first-order valence-corrected chi connectivity index (χ1v) is 7.75. The van der Waals surface area contributed by atoms with Crippen LogP contribution in [-0.2, 0) is 0 Å². The molecule has 2 amide bonds. The predicted molar refractivity (Wildman–Crippen MR) is 77.5 cm³/mol. The molecular weight excluding hydrogens is 260 g/mol. The van der Waals surface area contributed by atoms with E-state index in [0.29, 0.717) is 18.4 Å². The maximum absolute atomic E-state index is 12.0. The van der Waals surface area contributed by atoms with Gasteiger partial charge in [-0.25, -0.2) is 4.79 Å². The second-order valence-corrected chi connectivity index (χ2v) is 6.19. The predicted octanol–water partition coefficient (Wildman–Crippen LogP) is 2.27. The van der Waals surface area contributed by atoms with Crippen molar-refractivity contribution in [1.82, 2.24) is 10.2 Å². The molecule has 0 aromatic carbocycles. The van der Waals surface area contributed by atoms with E-state index < -0.39 is 0 Å². The van der Waals surface area contributed by atoms with E-state index in [4.69, 9.17) is 5.11 Å². The Hall–Kier alpha value is -1.07. The Morgan fingerprint density at radius 3 is 2.89 bits per heavy atom. The molecule has 106 valence electrons. The van der Waals surface area contributed by atoms with Gasteiger partial charge < -0.3 is 15.3 Å². The minimum absolute atomic E-state index is 0.0276. The molecule has 1 aliphatic heterocycles. The van der Waals surface area contributed by atoms with E-state index in [2.05, 4.69) is 23.7 Å². The van der Waals surface area contributed by atoms with Gasteiger partial charge in [0.1, 0.15) is 0 Å². The lowest BCUT2D eigenvalue weighted by Crippen LogP contribution is -2.45. The van der Waals surface area contributed by atoms with E-state index in [1.807, 2.05) is 11.0 Å². The summed E-state index contributed by atoms with van der Waals surface area (Å²) in [5, 5.41) is 14.1. The minimum Gasteiger partial charge on any atom is -0.396 e. The number of urea groups is 1. The smallest absolute Gasteiger partial charge is 0.317 e. The highest BCUT2D eigenvalue weighted by Gasteiger charge is 2.22. The van der Waals surface area contributed by atoms with Crippen molar-refractivity contribution in [2.24, 2.45) is 5.92 Å². The zero-order valence-corrected chi connectivity index (χ0v) is 12.2. The minimum atomic E-state index is 0.0276. The second kappa shape index (κ2) is 6.91. The van der Waals surface area contributed by atoms with E-state index in [-0.39, 0.29) is 12.6 Å². The molecule has 2 rings (SSSR count). The number of likely N-dealkylation sites (tertiary alicyclic amines) is 1. The number of hydrogen-bond donors (Lipinski definition) is 2. The van der Waals surface area contributed by atoms with Crippen LogP contribution in [0, 0.1) is 5.92 Å². The van der Waals surface area contributed by atoms with Gasteiger partial charge in [-0.3, -0.25) is 0 Å². The summed E-state index contributed by atoms with van der Waals surface area (Å²) in [6, 6.07) is 4.17. The molecule has 0 bridgehead atoms. The van der Waals surface area contributed by atoms with Gasteiger partial charge in [0, 0.05) is 37.0 Å². The molecule has 2 N–H and O–H groups in total. The van der Waals surface area contributed by atoms with Crippen molar-refractivity contribution in [1.29, 1.82) is 0 Å². The average molecular weight is 282 g/mol. The number of rotatable bonds is 4. The van der Waals surface area contributed by atoms with Crippen molar-refractivity contribution in [3.05, 3.63) is 22.4 Å². The van der Waals surface area contributed by atoms with E-state index >= 15 is 0 Å². The Balaban J connectivity index is 1.73. The highest BCUT2D eigenvalue weighted by Crippen LogP contribution is 2.20. The number of nitrogens with zero attached hydrogens (tertiary/aromatic N) is 1. The standard InChI is InChI=1S/C14H22N2O2S/c1-11(13-3-2-8-19-13)9-15-14(18)16-6-4-12(10-17)5-7-16/h2-3,8,11-12,17H,4-7,9-10H2,1H3,(H,15,18). The summed E-state index contributed by atoms with van der Waals surface area (Å²) < 4.78 is 0. The van der Waals surface area contributed by atoms with Gasteiger partial charge in [0.25, 0.3) is 0 Å². The highest BCUT2D eigenvalue weighted by atomic mass is 32.1. The zero-order valence-electron chi connectivity index (χ0n) is 11.3. The first-order chi connectivity index (χ1) is 9.20. The molecule has 2 heterocycles. The van der Waals surface area contributed by atoms with Gasteiger partial charge in [0.2, 0.25) is 0 Å². The van der Waals surface area contributed by atoms with Crippen LogP contribution in [0.1, 0.15) is 30.6 Å². The van der Waals surface area contributed by atoms with Gasteiger partial charge in [-0.2, -0.15) is 0 Å². The molecule has 5 heteroatoms. The van der Waals surface area contributed by atoms with Crippen LogP contribution in [0.2, 0.25) is 0 Å². The molecular formula is C14H22N2O2S. The van der Waals surface area contributed by atoms with Gasteiger partial charge >= 0.3 is 6.03 Å². The first-order valence-electron chi connectivity index (χ1n) is 6.87. The quantitative estimate of drug-likeness (QED) is 0.890. The molecule has 0 radical (unpaired) electrons. The topological polar surface area (TPSA) is 52.6 Å². The third-order valence-electron chi connectivity index (χ3n) is 3.75. The molecule has 1 aliphatic rings. The maximum Gasteiger partial charge on any atom is 0.317 e. The largest absolute Gasteiger partial charge is 0.396 e. The Morgan fingerprint density at radius 1 is 1.58 bits per heavy atom. The fourth-order valence-corrected chi connectivity index (χ4v) is 3.13. The molecule has 0 aliphatic carbocycles. The normalized spacial score (nSPS) is 18.3. The molecule has 0 saturated carbocycles. The van der Waals surface area contributed by atoms with Crippen LogP contribution in [0.25, 0.3) is 0 Å². The van der Waals surface area contributed by atoms with Gasteiger partial charge in [-0.05, 0) is 30.2 Å². The van der Waals surface area contributed by atoms with Crippen LogP contribution >= 0.6 is 11.3 Å². The summed E-state index contributed by atoms with van der Waals surface area (Å²) in [6.45, 7) is 4.56. The molecule has 4 nitrogen and oxygen atoms in total. The molecule has 1 fully saturated rings. The summed E-state index contributed by atoms with van der Waals surface area (Å²) in [7, 11) is 0. The van der Waals surface area contributed by atoms with Gasteiger partial charge in [-0.1, -0.05) is 13.0 Å². The number of thiophene rings is 1. The number of aliphatic hydroxyl groups is 1. The van der Waals surface area contributed by atoms with Crippen molar-refractivity contribution in [2.75, 3.05) is 26.2 Å². The second-order valence-electron chi connectivity index (χ2n) is 5.22. The number of hydrogen-bond acceptors (Lipinski definition) is 3. The number of amides is 2. The molecule has 1 unspecified atom stereocenters. The molecule has 1 aromatic rings. The Morgan fingerprint density at radius 2 is 2.32 bits per heavy atom. The third-order valence-corrected chi connectivity index (χ3v) is 4.85. The summed E-state index contributed by atoms with van der Waals surface area (Å²) in [5.74, 6) is 0.730. The molecule has 1 atom stereocenters. The highest BCUT2D eigenvalue weighted by molar-refractivity contribution is 7.10. The Kier molecular flexibility index (Phi) is 5.22. The van der Waals surface area contributed by atoms with Crippen molar-refractivity contribution in [3.8, 4) is 0 Å². The van der Waals surface area contributed by atoms with Gasteiger partial charge in [0.15, 0.2) is 0 Å². The van der Waals surface area contributed by atoms with Crippen LogP contribution in [0.4, 0.5) is 4.79 Å². The maximum atomic E-state index is 12.0. The summed E-state index contributed by atoms with van der Waals surface area (Å²) in [6.07, 6.45) is 1.81. The number of nitrogens with one attached hydrogen (secondary N) is 1. The van der Waals surface area contributed by atoms with Crippen LogP contribution in [0.3, 0.4) is 0 Å².